The maximum Gasteiger partial charge on any atom is 0.230 e. The Balaban J connectivity index is 1.47. The first-order valence-corrected chi connectivity index (χ1v) is 9.84. The molecule has 4 rings (SSSR count). The second-order valence-electron chi connectivity index (χ2n) is 7.68. The van der Waals surface area contributed by atoms with Gasteiger partial charge in [0.05, 0.1) is 13.2 Å². The SMILES string of the molecule is C=C(C)N1CCC(c2nc(-c3ccc(C=N)c(NCC4COC4)c3)no2)CC1. The van der Waals surface area contributed by atoms with Crippen molar-refractivity contribution in [2.24, 2.45) is 5.92 Å². The topological polar surface area (TPSA) is 87.3 Å². The number of aromatic nitrogens is 2. The molecule has 2 aliphatic rings. The highest BCUT2D eigenvalue weighted by Crippen LogP contribution is 2.30. The van der Waals surface area contributed by atoms with Crippen LogP contribution >= 0.6 is 0 Å². The minimum atomic E-state index is 0.300. The van der Waals surface area contributed by atoms with Crippen molar-refractivity contribution in [3.05, 3.63) is 41.9 Å². The number of nitrogens with zero attached hydrogens (tertiary/aromatic N) is 3. The summed E-state index contributed by atoms with van der Waals surface area (Å²) in [7, 11) is 0. The molecule has 0 saturated carbocycles. The molecule has 0 aliphatic carbocycles. The zero-order chi connectivity index (χ0) is 19.5. The van der Waals surface area contributed by atoms with Crippen LogP contribution in [0, 0.1) is 11.3 Å². The van der Waals surface area contributed by atoms with E-state index in [1.165, 1.54) is 6.21 Å². The van der Waals surface area contributed by atoms with Crippen molar-refractivity contribution < 1.29 is 9.26 Å². The first-order valence-electron chi connectivity index (χ1n) is 9.84. The van der Waals surface area contributed by atoms with Crippen LogP contribution < -0.4 is 5.32 Å². The maximum atomic E-state index is 7.64. The zero-order valence-corrected chi connectivity index (χ0v) is 16.3. The fraction of sp³-hybridized carbons (Fsp3) is 0.476. The van der Waals surface area contributed by atoms with Gasteiger partial charge in [-0.15, -0.1) is 0 Å². The van der Waals surface area contributed by atoms with E-state index in [4.69, 9.17) is 14.7 Å². The molecule has 2 N–H and O–H groups in total. The van der Waals surface area contributed by atoms with Gasteiger partial charge >= 0.3 is 0 Å². The lowest BCUT2D eigenvalue weighted by Crippen LogP contribution is -2.33. The third-order valence-corrected chi connectivity index (χ3v) is 5.58. The van der Waals surface area contributed by atoms with Crippen LogP contribution in [0.2, 0.25) is 0 Å². The number of anilines is 1. The second kappa shape index (κ2) is 8.14. The Morgan fingerprint density at radius 3 is 2.79 bits per heavy atom. The summed E-state index contributed by atoms with van der Waals surface area (Å²) in [5.74, 6) is 2.15. The summed E-state index contributed by atoms with van der Waals surface area (Å²) >= 11 is 0. The van der Waals surface area contributed by atoms with Crippen LogP contribution in [-0.2, 0) is 4.74 Å². The van der Waals surface area contributed by atoms with Gasteiger partial charge in [0.15, 0.2) is 0 Å². The van der Waals surface area contributed by atoms with Crippen molar-refractivity contribution in [3.8, 4) is 11.4 Å². The molecule has 1 aromatic heterocycles. The normalized spacial score (nSPS) is 18.0. The van der Waals surface area contributed by atoms with E-state index in [0.29, 0.717) is 23.6 Å². The number of hydrogen-bond acceptors (Lipinski definition) is 7. The zero-order valence-electron chi connectivity index (χ0n) is 16.3. The minimum absolute atomic E-state index is 0.300. The van der Waals surface area contributed by atoms with Gasteiger partial charge in [0.1, 0.15) is 0 Å². The molecule has 0 amide bonds. The minimum Gasteiger partial charge on any atom is -0.384 e. The van der Waals surface area contributed by atoms with Crippen molar-refractivity contribution in [3.63, 3.8) is 0 Å². The standard InChI is InChI=1S/C21H27N5O2/c1-14(2)26-7-5-16(6-8-26)21-24-20(25-28-21)17-3-4-18(10-22)19(9-17)23-11-15-12-27-13-15/h3-4,9-10,15-16,22-23H,1,5-8,11-13H2,2H3. The predicted molar refractivity (Wildman–Crippen MR) is 109 cm³/mol. The number of allylic oxidation sites excluding steroid dienone is 1. The van der Waals surface area contributed by atoms with Gasteiger partial charge in [0.2, 0.25) is 11.7 Å². The van der Waals surface area contributed by atoms with Gasteiger partial charge < -0.3 is 24.9 Å². The Morgan fingerprint density at radius 1 is 1.36 bits per heavy atom. The van der Waals surface area contributed by atoms with Gasteiger partial charge in [-0.1, -0.05) is 23.9 Å². The van der Waals surface area contributed by atoms with E-state index < -0.39 is 0 Å². The predicted octanol–water partition coefficient (Wildman–Crippen LogP) is 3.51. The quantitative estimate of drug-likeness (QED) is 0.714. The molecule has 2 fully saturated rings. The summed E-state index contributed by atoms with van der Waals surface area (Å²) in [5, 5.41) is 15.3. The Hall–Kier alpha value is -2.67. The number of rotatable bonds is 7. The highest BCUT2D eigenvalue weighted by Gasteiger charge is 2.25. The molecule has 7 heteroatoms. The Labute approximate surface area is 165 Å². The number of piperidine rings is 1. The lowest BCUT2D eigenvalue weighted by molar-refractivity contribution is -0.0248. The third-order valence-electron chi connectivity index (χ3n) is 5.58. The van der Waals surface area contributed by atoms with E-state index >= 15 is 0 Å². The molecule has 0 spiro atoms. The fourth-order valence-electron chi connectivity index (χ4n) is 3.66. The third kappa shape index (κ3) is 3.94. The van der Waals surface area contributed by atoms with Gasteiger partial charge in [0, 0.05) is 60.2 Å². The highest BCUT2D eigenvalue weighted by molar-refractivity contribution is 5.87. The summed E-state index contributed by atoms with van der Waals surface area (Å²) in [6, 6.07) is 5.86. The Kier molecular flexibility index (Phi) is 5.43. The van der Waals surface area contributed by atoms with Crippen LogP contribution in [0.15, 0.2) is 35.0 Å². The molecule has 1 aromatic carbocycles. The summed E-state index contributed by atoms with van der Waals surface area (Å²) in [6.45, 7) is 10.5. The molecule has 148 valence electrons. The molecule has 7 nitrogen and oxygen atoms in total. The van der Waals surface area contributed by atoms with E-state index in [0.717, 1.165) is 68.2 Å². The van der Waals surface area contributed by atoms with Crippen LogP contribution in [0.5, 0.6) is 0 Å². The molecule has 2 saturated heterocycles. The van der Waals surface area contributed by atoms with Crippen LogP contribution in [0.4, 0.5) is 5.69 Å². The summed E-state index contributed by atoms with van der Waals surface area (Å²) in [4.78, 5) is 6.97. The number of ether oxygens (including phenoxy) is 1. The molecule has 2 aromatic rings. The van der Waals surface area contributed by atoms with Crippen molar-refractivity contribution in [2.45, 2.75) is 25.7 Å². The molecule has 2 aliphatic heterocycles. The van der Waals surface area contributed by atoms with E-state index in [-0.39, 0.29) is 0 Å². The van der Waals surface area contributed by atoms with Gasteiger partial charge in [-0.25, -0.2) is 0 Å². The fourth-order valence-corrected chi connectivity index (χ4v) is 3.66. The molecule has 0 atom stereocenters. The van der Waals surface area contributed by atoms with E-state index in [1.54, 1.807) is 0 Å². The van der Waals surface area contributed by atoms with E-state index in [2.05, 4.69) is 26.9 Å². The highest BCUT2D eigenvalue weighted by atomic mass is 16.5. The molecule has 3 heterocycles. The molecule has 28 heavy (non-hydrogen) atoms. The van der Waals surface area contributed by atoms with Crippen LogP contribution in [0.25, 0.3) is 11.4 Å². The summed E-state index contributed by atoms with van der Waals surface area (Å²) in [5.41, 5.74) is 3.78. The largest absolute Gasteiger partial charge is 0.384 e. The molecule has 0 radical (unpaired) electrons. The number of likely N-dealkylation sites (tertiary alicyclic amines) is 1. The first-order chi connectivity index (χ1) is 13.6. The Bertz CT molecular complexity index is 850. The van der Waals surface area contributed by atoms with Crippen molar-refractivity contribution in [1.29, 1.82) is 5.41 Å². The monoisotopic (exact) mass is 381 g/mol. The Morgan fingerprint density at radius 2 is 2.14 bits per heavy atom. The molecule has 0 unspecified atom stereocenters. The van der Waals surface area contributed by atoms with Crippen molar-refractivity contribution >= 4 is 11.9 Å². The number of nitrogens with one attached hydrogen (secondary N) is 2. The molecule has 0 bridgehead atoms. The van der Waals surface area contributed by atoms with Gasteiger partial charge in [-0.05, 0) is 25.8 Å². The summed E-state index contributed by atoms with van der Waals surface area (Å²) < 4.78 is 10.8. The van der Waals surface area contributed by atoms with Gasteiger partial charge in [0.25, 0.3) is 0 Å². The lowest BCUT2D eigenvalue weighted by atomic mass is 9.96. The number of hydrogen-bond donors (Lipinski definition) is 2. The van der Waals surface area contributed by atoms with E-state index in [9.17, 15) is 0 Å². The van der Waals surface area contributed by atoms with Crippen molar-refractivity contribution in [2.75, 3.05) is 38.2 Å². The second-order valence-corrected chi connectivity index (χ2v) is 7.68. The smallest absolute Gasteiger partial charge is 0.230 e. The van der Waals surface area contributed by atoms with Gasteiger partial charge in [-0.2, -0.15) is 4.98 Å². The van der Waals surface area contributed by atoms with Crippen LogP contribution in [0.3, 0.4) is 0 Å². The van der Waals surface area contributed by atoms with Gasteiger partial charge in [-0.3, -0.25) is 0 Å². The van der Waals surface area contributed by atoms with E-state index in [1.807, 2.05) is 25.1 Å². The molecular weight excluding hydrogens is 354 g/mol. The van der Waals surface area contributed by atoms with Crippen LogP contribution in [-0.4, -0.2) is 54.1 Å². The lowest BCUT2D eigenvalue weighted by Gasteiger charge is -2.32. The summed E-state index contributed by atoms with van der Waals surface area (Å²) in [6.07, 6.45) is 3.36. The average Bonchev–Trinajstić information content (AvgIpc) is 3.17. The average molecular weight is 381 g/mol. The first kappa shape index (κ1) is 18.7. The van der Waals surface area contributed by atoms with Crippen LogP contribution in [0.1, 0.15) is 37.1 Å². The maximum absolute atomic E-state index is 7.64. The molecular formula is C21H27N5O2. The van der Waals surface area contributed by atoms with Crippen molar-refractivity contribution in [1.82, 2.24) is 15.0 Å². The number of benzene rings is 1.